The zero-order valence-electron chi connectivity index (χ0n) is 13.8. The Hall–Kier alpha value is -1.85. The molecule has 1 aromatic carbocycles. The molecule has 1 saturated heterocycles. The minimum Gasteiger partial charge on any atom is -0.388 e. The molecule has 1 aromatic heterocycles. The van der Waals surface area contributed by atoms with Gasteiger partial charge in [-0.3, -0.25) is 4.79 Å². The lowest BCUT2D eigenvalue weighted by molar-refractivity contribution is 0.0276. The Morgan fingerprint density at radius 1 is 1.30 bits per heavy atom. The predicted octanol–water partition coefficient (Wildman–Crippen LogP) is 2.02. The topological polar surface area (TPSA) is 77.2 Å². The molecule has 5 heteroatoms. The number of amides is 1. The lowest BCUT2D eigenvalue weighted by atomic mass is 9.94. The van der Waals surface area contributed by atoms with Crippen LogP contribution in [0.3, 0.4) is 0 Å². The summed E-state index contributed by atoms with van der Waals surface area (Å²) < 4.78 is 0. The second-order valence-electron chi connectivity index (χ2n) is 6.61. The quantitative estimate of drug-likeness (QED) is 0.700. The van der Waals surface area contributed by atoms with Crippen LogP contribution in [0.15, 0.2) is 18.2 Å². The summed E-state index contributed by atoms with van der Waals surface area (Å²) in [6, 6.07) is 5.75. The van der Waals surface area contributed by atoms with Gasteiger partial charge >= 0.3 is 0 Å². The van der Waals surface area contributed by atoms with Crippen LogP contribution in [0.25, 0.3) is 10.9 Å². The van der Waals surface area contributed by atoms with Gasteiger partial charge in [0.05, 0.1) is 16.7 Å². The predicted molar refractivity (Wildman–Crippen MR) is 91.8 cm³/mol. The lowest BCUT2D eigenvalue weighted by Crippen LogP contribution is -2.43. The summed E-state index contributed by atoms with van der Waals surface area (Å²) in [5, 5.41) is 17.9. The number of carbonyl (C=O) groups excluding carboxylic acids is 1. The zero-order chi connectivity index (χ0) is 16.4. The van der Waals surface area contributed by atoms with E-state index in [4.69, 9.17) is 0 Å². The maximum atomic E-state index is 12.6. The highest BCUT2D eigenvalue weighted by molar-refractivity contribution is 6.06. The number of para-hydroxylation sites is 1. The summed E-state index contributed by atoms with van der Waals surface area (Å²) in [4.78, 5) is 15.9. The number of hydrogen-bond acceptors (Lipinski definition) is 3. The summed E-state index contributed by atoms with van der Waals surface area (Å²) in [5.74, 6) is -0.137. The van der Waals surface area contributed by atoms with Crippen LogP contribution in [0.2, 0.25) is 0 Å². The van der Waals surface area contributed by atoms with Crippen LogP contribution in [-0.4, -0.2) is 41.2 Å². The van der Waals surface area contributed by atoms with Crippen LogP contribution in [0.1, 0.15) is 40.9 Å². The fraction of sp³-hybridized carbons (Fsp3) is 0.500. The third-order valence-electron chi connectivity index (χ3n) is 4.93. The summed E-state index contributed by atoms with van der Waals surface area (Å²) in [6.45, 7) is 6.07. The summed E-state index contributed by atoms with van der Waals surface area (Å²) >= 11 is 0. The van der Waals surface area contributed by atoms with Gasteiger partial charge in [-0.2, -0.15) is 0 Å². The van der Waals surface area contributed by atoms with Gasteiger partial charge in [0.1, 0.15) is 0 Å². The van der Waals surface area contributed by atoms with Gasteiger partial charge in [-0.05, 0) is 57.8 Å². The molecule has 0 spiro atoms. The fourth-order valence-electron chi connectivity index (χ4n) is 3.30. The van der Waals surface area contributed by atoms with Crippen LogP contribution in [0, 0.1) is 13.8 Å². The van der Waals surface area contributed by atoms with E-state index < -0.39 is 5.60 Å². The van der Waals surface area contributed by atoms with Crippen molar-refractivity contribution in [3.8, 4) is 0 Å². The number of benzene rings is 1. The first kappa shape index (κ1) is 16.0. The molecule has 2 aromatic rings. The maximum absolute atomic E-state index is 12.6. The fourth-order valence-corrected chi connectivity index (χ4v) is 3.30. The number of nitrogens with one attached hydrogen (secondary N) is 3. The van der Waals surface area contributed by atoms with Gasteiger partial charge in [-0.1, -0.05) is 12.1 Å². The highest BCUT2D eigenvalue weighted by atomic mass is 16.3. The van der Waals surface area contributed by atoms with Crippen molar-refractivity contribution in [2.75, 3.05) is 19.6 Å². The molecular weight excluding hydrogens is 290 g/mol. The van der Waals surface area contributed by atoms with Gasteiger partial charge in [0.15, 0.2) is 0 Å². The van der Waals surface area contributed by atoms with Gasteiger partial charge in [0.2, 0.25) is 0 Å². The summed E-state index contributed by atoms with van der Waals surface area (Å²) in [7, 11) is 0. The third-order valence-corrected chi connectivity index (χ3v) is 4.93. The number of carbonyl (C=O) groups is 1. The highest BCUT2D eigenvalue weighted by Crippen LogP contribution is 2.24. The van der Waals surface area contributed by atoms with Crippen molar-refractivity contribution in [3.05, 3.63) is 35.0 Å². The Bertz CT molecular complexity index is 712. The zero-order valence-corrected chi connectivity index (χ0v) is 13.8. The number of aromatic amines is 1. The van der Waals surface area contributed by atoms with E-state index >= 15 is 0 Å². The number of H-pyrrole nitrogens is 1. The number of rotatable bonds is 3. The van der Waals surface area contributed by atoms with Gasteiger partial charge in [0.25, 0.3) is 5.91 Å². The van der Waals surface area contributed by atoms with E-state index in [1.165, 1.54) is 5.56 Å². The van der Waals surface area contributed by atoms with Crippen molar-refractivity contribution in [2.24, 2.45) is 0 Å². The molecule has 5 nitrogen and oxygen atoms in total. The summed E-state index contributed by atoms with van der Waals surface area (Å²) in [6.07, 6.45) is 2.31. The molecule has 1 fully saturated rings. The van der Waals surface area contributed by atoms with Crippen molar-refractivity contribution in [1.29, 1.82) is 0 Å². The first-order valence-corrected chi connectivity index (χ1v) is 8.29. The smallest absolute Gasteiger partial charge is 0.253 e. The monoisotopic (exact) mass is 315 g/mol. The average Bonchev–Trinajstić information content (AvgIpc) is 2.72. The highest BCUT2D eigenvalue weighted by Gasteiger charge is 2.28. The molecule has 1 amide bonds. The van der Waals surface area contributed by atoms with Crippen molar-refractivity contribution in [1.82, 2.24) is 15.6 Å². The van der Waals surface area contributed by atoms with Crippen LogP contribution in [0.4, 0.5) is 0 Å². The number of aryl methyl sites for hydroxylation is 2. The van der Waals surface area contributed by atoms with Crippen LogP contribution in [-0.2, 0) is 0 Å². The van der Waals surface area contributed by atoms with E-state index in [2.05, 4.69) is 22.5 Å². The Morgan fingerprint density at radius 2 is 2.13 bits per heavy atom. The first-order valence-electron chi connectivity index (χ1n) is 8.29. The van der Waals surface area contributed by atoms with Crippen molar-refractivity contribution >= 4 is 16.8 Å². The standard InChI is InChI=1S/C18H25N3O2/c1-12-13(2)21-16-14(12)5-3-6-15(16)17(22)20-11-18(23)7-4-9-19-10-8-18/h3,5-6,19,21,23H,4,7-11H2,1-2H3,(H,20,22)/t18-/m0/s1. The van der Waals surface area contributed by atoms with E-state index in [-0.39, 0.29) is 5.91 Å². The molecular formula is C18H25N3O2. The number of fused-ring (bicyclic) bond motifs is 1. The second-order valence-corrected chi connectivity index (χ2v) is 6.61. The molecule has 4 N–H and O–H groups in total. The molecule has 124 valence electrons. The molecule has 1 aliphatic heterocycles. The van der Waals surface area contributed by atoms with Crippen molar-refractivity contribution in [2.45, 2.75) is 38.7 Å². The third kappa shape index (κ3) is 3.26. The minimum atomic E-state index is -0.811. The number of hydrogen-bond donors (Lipinski definition) is 4. The molecule has 1 aliphatic rings. The second kappa shape index (κ2) is 6.34. The van der Waals surface area contributed by atoms with E-state index in [0.29, 0.717) is 24.9 Å². The van der Waals surface area contributed by atoms with E-state index in [1.54, 1.807) is 0 Å². The SMILES string of the molecule is Cc1[nH]c2c(C(=O)NC[C@]3(O)CCCNCC3)cccc2c1C. The Morgan fingerprint density at radius 3 is 2.96 bits per heavy atom. The first-order chi connectivity index (χ1) is 11.0. The molecule has 0 bridgehead atoms. The maximum Gasteiger partial charge on any atom is 0.253 e. The van der Waals surface area contributed by atoms with Crippen LogP contribution < -0.4 is 10.6 Å². The van der Waals surface area contributed by atoms with E-state index in [9.17, 15) is 9.90 Å². The Labute approximate surface area is 136 Å². The molecule has 0 unspecified atom stereocenters. The molecule has 0 aliphatic carbocycles. The molecule has 3 rings (SSSR count). The van der Waals surface area contributed by atoms with Gasteiger partial charge < -0.3 is 20.7 Å². The molecule has 23 heavy (non-hydrogen) atoms. The Balaban J connectivity index is 1.77. The largest absolute Gasteiger partial charge is 0.388 e. The van der Waals surface area contributed by atoms with E-state index in [0.717, 1.165) is 36.1 Å². The normalized spacial score (nSPS) is 22.0. The van der Waals surface area contributed by atoms with E-state index in [1.807, 2.05) is 25.1 Å². The molecule has 0 saturated carbocycles. The molecule has 0 radical (unpaired) electrons. The van der Waals surface area contributed by atoms with Gasteiger partial charge in [-0.15, -0.1) is 0 Å². The van der Waals surface area contributed by atoms with Crippen molar-refractivity contribution in [3.63, 3.8) is 0 Å². The van der Waals surface area contributed by atoms with Crippen molar-refractivity contribution < 1.29 is 9.90 Å². The number of aliphatic hydroxyl groups is 1. The molecule has 2 heterocycles. The van der Waals surface area contributed by atoms with Crippen LogP contribution in [0.5, 0.6) is 0 Å². The van der Waals surface area contributed by atoms with Gasteiger partial charge in [0, 0.05) is 17.6 Å². The minimum absolute atomic E-state index is 0.137. The Kier molecular flexibility index (Phi) is 4.41. The summed E-state index contributed by atoms with van der Waals surface area (Å²) in [5.41, 5.74) is 2.94. The number of aromatic nitrogens is 1. The molecule has 1 atom stereocenters. The average molecular weight is 315 g/mol. The van der Waals surface area contributed by atoms with Crippen LogP contribution >= 0.6 is 0 Å². The lowest BCUT2D eigenvalue weighted by Gasteiger charge is -2.26. The van der Waals surface area contributed by atoms with Gasteiger partial charge in [-0.25, -0.2) is 0 Å².